The average Bonchev–Trinajstić information content (AvgIpc) is 3.55. The third-order valence-corrected chi connectivity index (χ3v) is 9.97. The molecule has 242 valence electrons. The molecule has 1 saturated carbocycles. The quantitative estimate of drug-likeness (QED) is 0.141. The molecule has 4 aromatic carbocycles. The number of nitrogens with one attached hydrogen (secondary N) is 1. The smallest absolute Gasteiger partial charge is 0.336 e. The molecule has 0 bridgehead atoms. The van der Waals surface area contributed by atoms with Gasteiger partial charge in [-0.3, -0.25) is 13.8 Å². The minimum atomic E-state index is -4.43. The van der Waals surface area contributed by atoms with Crippen molar-refractivity contribution in [1.82, 2.24) is 0 Å². The zero-order valence-corrected chi connectivity index (χ0v) is 26.9. The van der Waals surface area contributed by atoms with E-state index in [0.29, 0.717) is 18.0 Å². The molecule has 9 heteroatoms. The molecule has 1 aliphatic carbocycles. The molecule has 47 heavy (non-hydrogen) atoms. The molecule has 1 unspecified atom stereocenters. The van der Waals surface area contributed by atoms with Crippen molar-refractivity contribution in [3.8, 4) is 11.3 Å². The van der Waals surface area contributed by atoms with E-state index in [0.717, 1.165) is 33.4 Å². The molecule has 0 aliphatic heterocycles. The summed E-state index contributed by atoms with van der Waals surface area (Å²) < 4.78 is 35.1. The molecule has 1 heterocycles. The largest absolute Gasteiger partial charge is 0.456 e. The van der Waals surface area contributed by atoms with Crippen LogP contribution in [0.3, 0.4) is 0 Å². The zero-order chi connectivity index (χ0) is 32.8. The van der Waals surface area contributed by atoms with Crippen molar-refractivity contribution in [3.05, 3.63) is 125 Å². The molecular formula is C38H38N2O6S. The molecule has 1 aromatic heterocycles. The van der Waals surface area contributed by atoms with E-state index >= 15 is 0 Å². The predicted octanol–water partition coefficient (Wildman–Crippen LogP) is 7.56. The number of carbonyl (C=O) groups is 2. The minimum Gasteiger partial charge on any atom is -0.456 e. The van der Waals surface area contributed by atoms with Gasteiger partial charge in [-0.05, 0) is 90.4 Å². The summed E-state index contributed by atoms with van der Waals surface area (Å²) in [5.41, 5.74) is 10.6. The summed E-state index contributed by atoms with van der Waals surface area (Å²) in [5, 5.41) is 2.98. The minimum absolute atomic E-state index is 0.0202. The number of benzene rings is 4. The van der Waals surface area contributed by atoms with Crippen LogP contribution in [-0.2, 0) is 25.5 Å². The van der Waals surface area contributed by atoms with Crippen LogP contribution < -0.4 is 11.1 Å². The van der Waals surface area contributed by atoms with E-state index in [1.54, 1.807) is 12.1 Å². The fourth-order valence-corrected chi connectivity index (χ4v) is 7.09. The van der Waals surface area contributed by atoms with Gasteiger partial charge < -0.3 is 15.5 Å². The topological polar surface area (TPSA) is 129 Å². The number of rotatable bonds is 11. The maximum absolute atomic E-state index is 13.9. The molecule has 8 nitrogen and oxygen atoms in total. The van der Waals surface area contributed by atoms with Crippen molar-refractivity contribution in [1.29, 1.82) is 0 Å². The lowest BCUT2D eigenvalue weighted by Crippen LogP contribution is -2.23. The third-order valence-electron chi connectivity index (χ3n) is 8.81. The molecule has 0 saturated heterocycles. The van der Waals surface area contributed by atoms with Gasteiger partial charge in [-0.15, -0.1) is 0 Å². The van der Waals surface area contributed by atoms with E-state index in [2.05, 4.69) is 21.6 Å². The van der Waals surface area contributed by atoms with E-state index in [1.165, 1.54) is 49.8 Å². The first-order chi connectivity index (χ1) is 22.8. The number of carbonyl (C=O) groups excluding carboxylic acids is 2. The molecular weight excluding hydrogens is 612 g/mol. The summed E-state index contributed by atoms with van der Waals surface area (Å²) in [6.07, 6.45) is 6.48. The Morgan fingerprint density at radius 2 is 1.57 bits per heavy atom. The normalized spacial score (nSPS) is 14.6. The lowest BCUT2D eigenvalue weighted by atomic mass is 9.83. The highest BCUT2D eigenvalue weighted by molar-refractivity contribution is 8.02. The molecule has 0 spiro atoms. The number of furan rings is 1. The average molecular weight is 651 g/mol. The van der Waals surface area contributed by atoms with Crippen LogP contribution in [0.15, 0.2) is 108 Å². The van der Waals surface area contributed by atoms with Crippen LogP contribution >= 0.6 is 0 Å². The number of nitrogens with two attached hydrogens (primary N) is 1. The highest BCUT2D eigenvalue weighted by atomic mass is 32.2. The molecule has 1 aliphatic rings. The molecule has 6 rings (SSSR count). The Morgan fingerprint density at radius 1 is 0.872 bits per heavy atom. The van der Waals surface area contributed by atoms with Gasteiger partial charge in [0.25, 0.3) is 0 Å². The summed E-state index contributed by atoms with van der Waals surface area (Å²) in [5.74, 6) is 0.583. The van der Waals surface area contributed by atoms with Gasteiger partial charge in [-0.2, -0.15) is 8.42 Å². The Bertz CT molecular complexity index is 1910. The van der Waals surface area contributed by atoms with Crippen LogP contribution in [0.1, 0.15) is 71.0 Å². The maximum Gasteiger partial charge on any atom is 0.336 e. The van der Waals surface area contributed by atoms with Crippen LogP contribution in [0.2, 0.25) is 0 Å². The van der Waals surface area contributed by atoms with Gasteiger partial charge in [0.05, 0.1) is 12.5 Å². The van der Waals surface area contributed by atoms with Crippen molar-refractivity contribution >= 4 is 37.8 Å². The van der Waals surface area contributed by atoms with Crippen molar-refractivity contribution < 1.29 is 26.6 Å². The Morgan fingerprint density at radius 3 is 2.26 bits per heavy atom. The number of hydrogen-bond donors (Lipinski definition) is 2. The second-order valence-electron chi connectivity index (χ2n) is 12.0. The molecule has 1 atom stereocenters. The highest BCUT2D eigenvalue weighted by Crippen LogP contribution is 2.34. The highest BCUT2D eigenvalue weighted by Gasteiger charge is 2.26. The van der Waals surface area contributed by atoms with Gasteiger partial charge in [-0.25, -0.2) is 0 Å². The first kappa shape index (κ1) is 32.4. The van der Waals surface area contributed by atoms with Gasteiger partial charge >= 0.3 is 15.2 Å². The van der Waals surface area contributed by atoms with E-state index in [-0.39, 0.29) is 24.6 Å². The van der Waals surface area contributed by atoms with Crippen molar-refractivity contribution in [3.63, 3.8) is 0 Å². The SMILES string of the molecule is NCCOS(=O)(=O)C(=O)c1ccc(CC(C(=O)Nc2ccc(-c3cc4ccccc4o3)cc2)c2ccc(C3CCCCC3)cc2)cc1. The van der Waals surface area contributed by atoms with Crippen LogP contribution in [0, 0.1) is 0 Å². The Balaban J connectivity index is 1.21. The molecule has 1 fully saturated rings. The lowest BCUT2D eigenvalue weighted by Gasteiger charge is -2.23. The van der Waals surface area contributed by atoms with E-state index in [9.17, 15) is 18.0 Å². The van der Waals surface area contributed by atoms with Crippen LogP contribution in [0.5, 0.6) is 0 Å². The summed E-state index contributed by atoms with van der Waals surface area (Å²) in [6.45, 7) is -0.299. The first-order valence-electron chi connectivity index (χ1n) is 16.0. The van der Waals surface area contributed by atoms with Crippen molar-refractivity contribution in [2.45, 2.75) is 50.4 Å². The summed E-state index contributed by atoms with van der Waals surface area (Å²) in [4.78, 5) is 26.4. The number of fused-ring (bicyclic) bond motifs is 1. The third kappa shape index (κ3) is 7.71. The monoisotopic (exact) mass is 650 g/mol. The number of hydrogen-bond acceptors (Lipinski definition) is 7. The molecule has 0 radical (unpaired) electrons. The van der Waals surface area contributed by atoms with Crippen LogP contribution in [0.25, 0.3) is 22.3 Å². The fourth-order valence-electron chi connectivity index (χ4n) is 6.24. The van der Waals surface area contributed by atoms with E-state index in [1.807, 2.05) is 66.7 Å². The first-order valence-corrected chi connectivity index (χ1v) is 17.4. The molecule has 1 amide bonds. The standard InChI is InChI=1S/C38H38N2O6S/c39-22-23-45-47(43,44)38(42)31-12-10-26(11-13-31)24-34(29-16-14-28(15-17-29)27-6-2-1-3-7-27)37(41)40-33-20-18-30(19-21-33)36-25-32-8-4-5-9-35(32)46-36/h4-5,8-21,25,27,34H,1-3,6-7,22-24,39H2,(H,40,41). The molecule has 3 N–H and O–H groups in total. The summed E-state index contributed by atoms with van der Waals surface area (Å²) in [6, 6.07) is 32.0. The number of amides is 1. The second kappa shape index (κ2) is 14.5. The van der Waals surface area contributed by atoms with Gasteiger partial charge in [0.1, 0.15) is 11.3 Å². The zero-order valence-electron chi connectivity index (χ0n) is 26.1. The van der Waals surface area contributed by atoms with Gasteiger partial charge in [0.2, 0.25) is 5.91 Å². The Hall–Kier alpha value is -4.57. The van der Waals surface area contributed by atoms with E-state index < -0.39 is 21.2 Å². The van der Waals surface area contributed by atoms with E-state index in [4.69, 9.17) is 10.2 Å². The molecule has 5 aromatic rings. The summed E-state index contributed by atoms with van der Waals surface area (Å²) in [7, 11) is -4.43. The van der Waals surface area contributed by atoms with Crippen molar-refractivity contribution in [2.75, 3.05) is 18.5 Å². The second-order valence-corrected chi connectivity index (χ2v) is 13.5. The van der Waals surface area contributed by atoms with Crippen LogP contribution in [0.4, 0.5) is 5.69 Å². The lowest BCUT2D eigenvalue weighted by molar-refractivity contribution is -0.117. The van der Waals surface area contributed by atoms with Gasteiger partial charge in [0, 0.05) is 28.7 Å². The number of para-hydroxylation sites is 1. The summed E-state index contributed by atoms with van der Waals surface area (Å²) >= 11 is 0. The van der Waals surface area contributed by atoms with Gasteiger partial charge in [-0.1, -0.05) is 73.9 Å². The van der Waals surface area contributed by atoms with Gasteiger partial charge in [0.15, 0.2) is 0 Å². The maximum atomic E-state index is 13.9. The predicted molar refractivity (Wildman–Crippen MR) is 184 cm³/mol. The number of anilines is 1. The fraction of sp³-hybridized carbons (Fsp3) is 0.263. The van der Waals surface area contributed by atoms with Crippen molar-refractivity contribution in [2.24, 2.45) is 5.73 Å². The Labute approximate surface area is 275 Å². The Kier molecular flexibility index (Phi) is 9.96. The van der Waals surface area contributed by atoms with Crippen LogP contribution in [-0.4, -0.2) is 32.6 Å².